The van der Waals surface area contributed by atoms with E-state index in [1.807, 2.05) is 31.2 Å². The normalized spacial score (nSPS) is 12.6. The standard InChI is InChI=1S/C16H16ClNO2/c1-11(12-4-3-5-14(17)8-12)18-10-13-9-15(20-2)6-7-16(13)19/h3-11,19H,1-2H3/t11-/m1/s1. The van der Waals surface area contributed by atoms with Gasteiger partial charge in [0, 0.05) is 16.8 Å². The zero-order chi connectivity index (χ0) is 14.5. The fraction of sp³-hybridized carbons (Fsp3) is 0.188. The minimum atomic E-state index is -0.0423. The molecular formula is C16H16ClNO2. The van der Waals surface area contributed by atoms with Crippen LogP contribution in [0.5, 0.6) is 11.5 Å². The molecule has 0 fully saturated rings. The van der Waals surface area contributed by atoms with Gasteiger partial charge >= 0.3 is 0 Å². The number of rotatable bonds is 4. The molecule has 0 saturated heterocycles. The Morgan fingerprint density at radius 1 is 1.25 bits per heavy atom. The average Bonchev–Trinajstić information content (AvgIpc) is 2.46. The van der Waals surface area contributed by atoms with Gasteiger partial charge in [-0.15, -0.1) is 0 Å². The highest BCUT2D eigenvalue weighted by Gasteiger charge is 2.05. The molecule has 0 radical (unpaired) electrons. The molecule has 0 saturated carbocycles. The molecule has 0 aliphatic heterocycles. The first kappa shape index (κ1) is 14.4. The number of hydrogen-bond acceptors (Lipinski definition) is 3. The second-order valence-electron chi connectivity index (χ2n) is 4.43. The molecule has 2 aromatic rings. The van der Waals surface area contributed by atoms with Gasteiger partial charge in [0.25, 0.3) is 0 Å². The number of nitrogens with zero attached hydrogens (tertiary/aromatic N) is 1. The maximum Gasteiger partial charge on any atom is 0.124 e. The molecule has 0 amide bonds. The Morgan fingerprint density at radius 2 is 2.05 bits per heavy atom. The molecule has 104 valence electrons. The van der Waals surface area contributed by atoms with Crippen LogP contribution in [0.3, 0.4) is 0 Å². The molecule has 0 unspecified atom stereocenters. The van der Waals surface area contributed by atoms with Crippen LogP contribution in [-0.2, 0) is 0 Å². The van der Waals surface area contributed by atoms with Crippen LogP contribution in [-0.4, -0.2) is 18.4 Å². The molecule has 3 nitrogen and oxygen atoms in total. The molecule has 0 bridgehead atoms. The predicted octanol–water partition coefficient (Wildman–Crippen LogP) is 4.23. The number of ether oxygens (including phenoxy) is 1. The number of phenols is 1. The molecule has 2 aromatic carbocycles. The van der Waals surface area contributed by atoms with E-state index < -0.39 is 0 Å². The smallest absolute Gasteiger partial charge is 0.124 e. The second kappa shape index (κ2) is 6.44. The van der Waals surface area contributed by atoms with Crippen LogP contribution < -0.4 is 4.74 Å². The average molecular weight is 290 g/mol. The number of methoxy groups -OCH3 is 1. The van der Waals surface area contributed by atoms with Crippen molar-refractivity contribution < 1.29 is 9.84 Å². The number of hydrogen-bond donors (Lipinski definition) is 1. The van der Waals surface area contributed by atoms with Crippen molar-refractivity contribution >= 4 is 17.8 Å². The van der Waals surface area contributed by atoms with E-state index in [9.17, 15) is 5.11 Å². The van der Waals surface area contributed by atoms with Crippen LogP contribution in [0, 0.1) is 0 Å². The first-order chi connectivity index (χ1) is 9.60. The molecule has 1 N–H and O–H groups in total. The molecule has 1 atom stereocenters. The van der Waals surface area contributed by atoms with Crippen molar-refractivity contribution in [1.82, 2.24) is 0 Å². The topological polar surface area (TPSA) is 41.8 Å². The van der Waals surface area contributed by atoms with Gasteiger partial charge in [0.15, 0.2) is 0 Å². The Hall–Kier alpha value is -2.00. The molecular weight excluding hydrogens is 274 g/mol. The minimum Gasteiger partial charge on any atom is -0.507 e. The van der Waals surface area contributed by atoms with Crippen LogP contribution in [0.25, 0.3) is 0 Å². The SMILES string of the molecule is COc1ccc(O)c(C=N[C@H](C)c2cccc(Cl)c2)c1. The van der Waals surface area contributed by atoms with Gasteiger partial charge in [-0.2, -0.15) is 0 Å². The van der Waals surface area contributed by atoms with Crippen LogP contribution in [0.2, 0.25) is 5.02 Å². The Bertz CT molecular complexity index is 626. The lowest BCUT2D eigenvalue weighted by Crippen LogP contribution is -1.92. The second-order valence-corrected chi connectivity index (χ2v) is 4.87. The molecule has 4 heteroatoms. The highest BCUT2D eigenvalue weighted by atomic mass is 35.5. The summed E-state index contributed by atoms with van der Waals surface area (Å²) in [6, 6.07) is 12.6. The quantitative estimate of drug-likeness (QED) is 0.856. The van der Waals surface area contributed by atoms with Gasteiger partial charge in [-0.25, -0.2) is 0 Å². The highest BCUT2D eigenvalue weighted by Crippen LogP contribution is 2.23. The maximum atomic E-state index is 9.79. The summed E-state index contributed by atoms with van der Waals surface area (Å²) in [4.78, 5) is 4.44. The lowest BCUT2D eigenvalue weighted by molar-refractivity contribution is 0.412. The van der Waals surface area contributed by atoms with E-state index in [4.69, 9.17) is 16.3 Å². The van der Waals surface area contributed by atoms with Crippen molar-refractivity contribution in [2.45, 2.75) is 13.0 Å². The number of phenolic OH excluding ortho intramolecular Hbond substituents is 1. The van der Waals surface area contributed by atoms with Crippen molar-refractivity contribution in [2.24, 2.45) is 4.99 Å². The Balaban J connectivity index is 2.20. The van der Waals surface area contributed by atoms with Crippen LogP contribution in [0.1, 0.15) is 24.1 Å². The summed E-state index contributed by atoms with van der Waals surface area (Å²) < 4.78 is 5.13. The number of aromatic hydroxyl groups is 1. The van der Waals surface area contributed by atoms with Gasteiger partial charge < -0.3 is 9.84 Å². The molecule has 0 heterocycles. The van der Waals surface area contributed by atoms with Gasteiger partial charge in [-0.05, 0) is 42.8 Å². The summed E-state index contributed by atoms with van der Waals surface area (Å²) in [6.45, 7) is 1.97. The monoisotopic (exact) mass is 289 g/mol. The number of aliphatic imine (C=N–C) groups is 1. The van der Waals surface area contributed by atoms with E-state index in [2.05, 4.69) is 4.99 Å². The van der Waals surface area contributed by atoms with Gasteiger partial charge in [0.1, 0.15) is 11.5 Å². The Labute approximate surface area is 123 Å². The molecule has 2 rings (SSSR count). The van der Waals surface area contributed by atoms with E-state index in [1.165, 1.54) is 0 Å². The van der Waals surface area contributed by atoms with E-state index in [-0.39, 0.29) is 11.8 Å². The van der Waals surface area contributed by atoms with Crippen molar-refractivity contribution in [3.05, 3.63) is 58.6 Å². The number of benzene rings is 2. The van der Waals surface area contributed by atoms with Crippen molar-refractivity contribution in [3.63, 3.8) is 0 Å². The van der Waals surface area contributed by atoms with Crippen LogP contribution >= 0.6 is 11.6 Å². The van der Waals surface area contributed by atoms with Crippen molar-refractivity contribution in [1.29, 1.82) is 0 Å². The van der Waals surface area contributed by atoms with Gasteiger partial charge in [-0.1, -0.05) is 23.7 Å². The van der Waals surface area contributed by atoms with Crippen molar-refractivity contribution in [3.8, 4) is 11.5 Å². The van der Waals surface area contributed by atoms with Crippen molar-refractivity contribution in [2.75, 3.05) is 7.11 Å². The lowest BCUT2D eigenvalue weighted by Gasteiger charge is -2.08. The Morgan fingerprint density at radius 3 is 2.75 bits per heavy atom. The summed E-state index contributed by atoms with van der Waals surface area (Å²) in [6.07, 6.45) is 1.64. The van der Waals surface area contributed by atoms with Gasteiger partial charge in [-0.3, -0.25) is 4.99 Å². The van der Waals surface area contributed by atoms with E-state index >= 15 is 0 Å². The third-order valence-corrected chi connectivity index (χ3v) is 3.24. The molecule has 0 aliphatic carbocycles. The van der Waals surface area contributed by atoms with Gasteiger partial charge in [0.2, 0.25) is 0 Å². The third-order valence-electron chi connectivity index (χ3n) is 3.00. The largest absolute Gasteiger partial charge is 0.507 e. The fourth-order valence-corrected chi connectivity index (χ4v) is 2.01. The summed E-state index contributed by atoms with van der Waals surface area (Å²) in [5.41, 5.74) is 1.65. The number of halogens is 1. The van der Waals surface area contributed by atoms with Crippen LogP contribution in [0.4, 0.5) is 0 Å². The fourth-order valence-electron chi connectivity index (χ4n) is 1.81. The summed E-state index contributed by atoms with van der Waals surface area (Å²) >= 11 is 5.96. The molecule has 20 heavy (non-hydrogen) atoms. The maximum absolute atomic E-state index is 9.79. The van der Waals surface area contributed by atoms with Crippen LogP contribution in [0.15, 0.2) is 47.5 Å². The first-order valence-corrected chi connectivity index (χ1v) is 6.63. The molecule has 0 aliphatic rings. The highest BCUT2D eigenvalue weighted by molar-refractivity contribution is 6.30. The first-order valence-electron chi connectivity index (χ1n) is 6.26. The zero-order valence-electron chi connectivity index (χ0n) is 11.4. The summed E-state index contributed by atoms with van der Waals surface area (Å²) in [5.74, 6) is 0.854. The predicted molar refractivity (Wildman–Crippen MR) is 82.1 cm³/mol. The zero-order valence-corrected chi connectivity index (χ0v) is 12.1. The van der Waals surface area contributed by atoms with E-state index in [1.54, 1.807) is 31.5 Å². The lowest BCUT2D eigenvalue weighted by atomic mass is 10.1. The van der Waals surface area contributed by atoms with E-state index in [0.29, 0.717) is 16.3 Å². The third kappa shape index (κ3) is 3.52. The molecule has 0 aromatic heterocycles. The van der Waals surface area contributed by atoms with E-state index in [0.717, 1.165) is 5.56 Å². The van der Waals surface area contributed by atoms with Gasteiger partial charge in [0.05, 0.1) is 13.2 Å². The minimum absolute atomic E-state index is 0.0423. The Kier molecular flexibility index (Phi) is 4.64. The summed E-state index contributed by atoms with van der Waals surface area (Å²) in [7, 11) is 1.59. The summed E-state index contributed by atoms with van der Waals surface area (Å²) in [5, 5.41) is 10.5. The molecule has 0 spiro atoms.